The first-order valence-corrected chi connectivity index (χ1v) is 5.73. The van der Waals surface area contributed by atoms with Gasteiger partial charge in [-0.2, -0.15) is 10.4 Å². The Hall–Kier alpha value is -1.67. The summed E-state index contributed by atoms with van der Waals surface area (Å²) in [6, 6.07) is 4.06. The summed E-state index contributed by atoms with van der Waals surface area (Å²) >= 11 is 0. The SMILES string of the molecule is CC1(C)CC(Nc2nnccc2C#N)CCO1. The summed E-state index contributed by atoms with van der Waals surface area (Å²) in [4.78, 5) is 0. The van der Waals surface area contributed by atoms with Crippen LogP contribution in [0.2, 0.25) is 0 Å². The van der Waals surface area contributed by atoms with Crippen molar-refractivity contribution in [1.82, 2.24) is 10.2 Å². The molecule has 5 heteroatoms. The summed E-state index contributed by atoms with van der Waals surface area (Å²) in [5, 5.41) is 20.0. The Morgan fingerprint density at radius 2 is 2.41 bits per heavy atom. The van der Waals surface area contributed by atoms with Crippen LogP contribution in [-0.4, -0.2) is 28.4 Å². The maximum absolute atomic E-state index is 8.97. The second-order valence-electron chi connectivity index (χ2n) is 4.85. The highest BCUT2D eigenvalue weighted by Gasteiger charge is 2.29. The number of hydrogen-bond acceptors (Lipinski definition) is 5. The fourth-order valence-corrected chi connectivity index (χ4v) is 2.08. The molecule has 2 heterocycles. The molecule has 1 aliphatic rings. The highest BCUT2D eigenvalue weighted by molar-refractivity contribution is 5.50. The predicted octanol–water partition coefficient (Wildman–Crippen LogP) is 1.72. The van der Waals surface area contributed by atoms with Crippen molar-refractivity contribution in [3.63, 3.8) is 0 Å². The molecule has 0 radical (unpaired) electrons. The number of hydrogen-bond donors (Lipinski definition) is 1. The minimum Gasteiger partial charge on any atom is -0.375 e. The van der Waals surface area contributed by atoms with Gasteiger partial charge in [-0.05, 0) is 32.8 Å². The molecule has 1 N–H and O–H groups in total. The molecule has 5 nitrogen and oxygen atoms in total. The lowest BCUT2D eigenvalue weighted by Gasteiger charge is -2.36. The van der Waals surface area contributed by atoms with Gasteiger partial charge in [0.1, 0.15) is 6.07 Å². The van der Waals surface area contributed by atoms with Crippen LogP contribution in [0.15, 0.2) is 12.3 Å². The van der Waals surface area contributed by atoms with Crippen molar-refractivity contribution in [2.45, 2.75) is 38.3 Å². The van der Waals surface area contributed by atoms with E-state index < -0.39 is 0 Å². The fourth-order valence-electron chi connectivity index (χ4n) is 2.08. The van der Waals surface area contributed by atoms with Crippen molar-refractivity contribution in [1.29, 1.82) is 5.26 Å². The van der Waals surface area contributed by atoms with Crippen LogP contribution in [0.3, 0.4) is 0 Å². The Morgan fingerprint density at radius 1 is 1.59 bits per heavy atom. The number of nitrogens with one attached hydrogen (secondary N) is 1. The third-order valence-electron chi connectivity index (χ3n) is 2.88. The van der Waals surface area contributed by atoms with Gasteiger partial charge < -0.3 is 10.1 Å². The zero-order valence-electron chi connectivity index (χ0n) is 10.1. The molecule has 1 saturated heterocycles. The quantitative estimate of drug-likeness (QED) is 0.840. The first-order valence-electron chi connectivity index (χ1n) is 5.73. The average molecular weight is 232 g/mol. The lowest BCUT2D eigenvalue weighted by Crippen LogP contribution is -2.40. The Labute approximate surface area is 101 Å². The highest BCUT2D eigenvalue weighted by Crippen LogP contribution is 2.26. The topological polar surface area (TPSA) is 70.8 Å². The molecule has 0 aliphatic carbocycles. The number of rotatable bonds is 2. The van der Waals surface area contributed by atoms with Crippen LogP contribution in [-0.2, 0) is 4.74 Å². The van der Waals surface area contributed by atoms with Crippen LogP contribution in [0, 0.1) is 11.3 Å². The number of nitrogens with zero attached hydrogens (tertiary/aromatic N) is 3. The highest BCUT2D eigenvalue weighted by atomic mass is 16.5. The molecule has 0 saturated carbocycles. The average Bonchev–Trinajstić information content (AvgIpc) is 2.28. The van der Waals surface area contributed by atoms with E-state index in [0.717, 1.165) is 19.4 Å². The molecule has 0 bridgehead atoms. The van der Waals surface area contributed by atoms with Gasteiger partial charge in [0.25, 0.3) is 0 Å². The van der Waals surface area contributed by atoms with Crippen LogP contribution in [0.1, 0.15) is 32.3 Å². The number of anilines is 1. The molecule has 1 aliphatic heterocycles. The lowest BCUT2D eigenvalue weighted by molar-refractivity contribution is -0.0553. The van der Waals surface area contributed by atoms with Crippen molar-refractivity contribution in [3.8, 4) is 6.07 Å². The van der Waals surface area contributed by atoms with Crippen molar-refractivity contribution in [2.75, 3.05) is 11.9 Å². The molecule has 90 valence electrons. The minimum absolute atomic E-state index is 0.120. The Balaban J connectivity index is 2.08. The summed E-state index contributed by atoms with van der Waals surface area (Å²) in [6.45, 7) is 4.87. The molecular formula is C12H16N4O. The van der Waals surface area contributed by atoms with Crippen LogP contribution < -0.4 is 5.32 Å². The molecule has 1 aromatic heterocycles. The second-order valence-corrected chi connectivity index (χ2v) is 4.85. The van der Waals surface area contributed by atoms with E-state index in [2.05, 4.69) is 35.4 Å². The first-order chi connectivity index (χ1) is 8.11. The second kappa shape index (κ2) is 4.68. The molecule has 2 rings (SSSR count). The minimum atomic E-state index is -0.120. The predicted molar refractivity (Wildman–Crippen MR) is 63.4 cm³/mol. The molecule has 1 fully saturated rings. The zero-order chi connectivity index (χ0) is 12.3. The largest absolute Gasteiger partial charge is 0.375 e. The van der Waals surface area contributed by atoms with Gasteiger partial charge in [0.15, 0.2) is 5.82 Å². The first kappa shape index (κ1) is 11.8. The fraction of sp³-hybridized carbons (Fsp3) is 0.583. The van der Waals surface area contributed by atoms with Gasteiger partial charge in [0.2, 0.25) is 0 Å². The van der Waals surface area contributed by atoms with E-state index in [4.69, 9.17) is 10.00 Å². The van der Waals surface area contributed by atoms with E-state index in [1.807, 2.05) is 0 Å². The normalized spacial score (nSPS) is 22.8. The Bertz CT molecular complexity index is 438. The standard InChI is InChI=1S/C12H16N4O/c1-12(2)7-10(4-6-17-12)15-11-9(8-13)3-5-14-16-11/h3,5,10H,4,6-7H2,1-2H3,(H,15,16). The summed E-state index contributed by atoms with van der Waals surface area (Å²) in [6.07, 6.45) is 3.34. The zero-order valence-corrected chi connectivity index (χ0v) is 10.1. The molecule has 1 atom stereocenters. The molecule has 0 spiro atoms. The molecule has 17 heavy (non-hydrogen) atoms. The van der Waals surface area contributed by atoms with Gasteiger partial charge in [-0.1, -0.05) is 0 Å². The van der Waals surface area contributed by atoms with Gasteiger partial charge in [0, 0.05) is 12.6 Å². The number of aromatic nitrogens is 2. The summed E-state index contributed by atoms with van der Waals surface area (Å²) in [5.74, 6) is 0.567. The molecule has 0 aromatic carbocycles. The van der Waals surface area contributed by atoms with E-state index in [0.29, 0.717) is 11.4 Å². The Kier molecular flexibility index (Phi) is 3.25. The third kappa shape index (κ3) is 2.92. The van der Waals surface area contributed by atoms with Crippen LogP contribution >= 0.6 is 0 Å². The van der Waals surface area contributed by atoms with Crippen LogP contribution in [0.25, 0.3) is 0 Å². The van der Waals surface area contributed by atoms with Crippen LogP contribution in [0.5, 0.6) is 0 Å². The summed E-state index contributed by atoms with van der Waals surface area (Å²) in [5.41, 5.74) is 0.412. The van der Waals surface area contributed by atoms with Gasteiger partial charge in [-0.3, -0.25) is 0 Å². The van der Waals surface area contributed by atoms with E-state index in [1.165, 1.54) is 6.20 Å². The maximum atomic E-state index is 8.97. The third-order valence-corrected chi connectivity index (χ3v) is 2.88. The van der Waals surface area contributed by atoms with Crippen LogP contribution in [0.4, 0.5) is 5.82 Å². The molecule has 1 aromatic rings. The van der Waals surface area contributed by atoms with Crippen molar-refractivity contribution in [3.05, 3.63) is 17.8 Å². The summed E-state index contributed by atoms with van der Waals surface area (Å²) in [7, 11) is 0. The molecule has 0 amide bonds. The van der Waals surface area contributed by atoms with Crippen molar-refractivity contribution < 1.29 is 4.74 Å². The maximum Gasteiger partial charge on any atom is 0.166 e. The number of ether oxygens (including phenoxy) is 1. The van der Waals surface area contributed by atoms with Gasteiger partial charge in [-0.25, -0.2) is 0 Å². The number of nitriles is 1. The van der Waals surface area contributed by atoms with Crippen molar-refractivity contribution >= 4 is 5.82 Å². The van der Waals surface area contributed by atoms with E-state index in [1.54, 1.807) is 6.07 Å². The monoisotopic (exact) mass is 232 g/mol. The lowest BCUT2D eigenvalue weighted by atomic mass is 9.94. The van der Waals surface area contributed by atoms with E-state index in [9.17, 15) is 0 Å². The molecule has 1 unspecified atom stereocenters. The van der Waals surface area contributed by atoms with Gasteiger partial charge in [-0.15, -0.1) is 5.10 Å². The smallest absolute Gasteiger partial charge is 0.166 e. The summed E-state index contributed by atoms with van der Waals surface area (Å²) < 4.78 is 5.65. The Morgan fingerprint density at radius 3 is 3.12 bits per heavy atom. The van der Waals surface area contributed by atoms with Crippen molar-refractivity contribution in [2.24, 2.45) is 0 Å². The van der Waals surface area contributed by atoms with E-state index >= 15 is 0 Å². The molecular weight excluding hydrogens is 216 g/mol. The van der Waals surface area contributed by atoms with E-state index in [-0.39, 0.29) is 11.6 Å². The van der Waals surface area contributed by atoms with Gasteiger partial charge >= 0.3 is 0 Å². The van der Waals surface area contributed by atoms with Gasteiger partial charge in [0.05, 0.1) is 17.4 Å².